The number of aromatic amines is 1. The van der Waals surface area contributed by atoms with E-state index >= 15 is 0 Å². The van der Waals surface area contributed by atoms with Gasteiger partial charge in [0.05, 0.1) is 23.4 Å². The number of hydrogen-bond donors (Lipinski definition) is 2. The minimum Gasteiger partial charge on any atom is -0.493 e. The van der Waals surface area contributed by atoms with Crippen LogP contribution in [0.5, 0.6) is 5.75 Å². The molecule has 0 aliphatic carbocycles. The van der Waals surface area contributed by atoms with Crippen LogP contribution in [0.25, 0.3) is 22.4 Å². The zero-order valence-corrected chi connectivity index (χ0v) is 24.3. The van der Waals surface area contributed by atoms with Crippen LogP contribution in [0.3, 0.4) is 0 Å². The molecule has 4 aromatic rings. The molecule has 3 aromatic heterocycles. The van der Waals surface area contributed by atoms with Crippen LogP contribution in [-0.4, -0.2) is 73.6 Å². The first kappa shape index (κ1) is 27.7. The highest BCUT2D eigenvalue weighted by atomic mass is 16.5. The van der Waals surface area contributed by atoms with Gasteiger partial charge in [-0.3, -0.25) is 9.48 Å². The van der Waals surface area contributed by atoms with Crippen LogP contribution in [0.15, 0.2) is 35.4 Å². The van der Waals surface area contributed by atoms with Gasteiger partial charge in [0.2, 0.25) is 5.95 Å². The molecule has 1 spiro atoms. The maximum atomic E-state index is 13.2. The van der Waals surface area contributed by atoms with Crippen LogP contribution in [0, 0.1) is 5.41 Å². The predicted molar refractivity (Wildman–Crippen MR) is 159 cm³/mol. The minimum atomic E-state index is -1.02. The van der Waals surface area contributed by atoms with E-state index in [2.05, 4.69) is 48.9 Å². The molecule has 0 unspecified atom stereocenters. The summed E-state index contributed by atoms with van der Waals surface area (Å²) in [5.41, 5.74) is 3.84. The summed E-state index contributed by atoms with van der Waals surface area (Å²) < 4.78 is 7.59. The summed E-state index contributed by atoms with van der Waals surface area (Å²) >= 11 is 0. The van der Waals surface area contributed by atoms with Crippen LogP contribution >= 0.6 is 0 Å². The normalized spacial score (nSPS) is 16.5. The van der Waals surface area contributed by atoms with E-state index in [0.29, 0.717) is 35.2 Å². The Balaban J connectivity index is 1.24. The number of anilines is 2. The average molecular weight is 573 g/mol. The summed E-state index contributed by atoms with van der Waals surface area (Å²) in [7, 11) is 1.78. The van der Waals surface area contributed by atoms with E-state index in [1.807, 2.05) is 13.0 Å². The van der Waals surface area contributed by atoms with Crippen LogP contribution in [0.1, 0.15) is 55.6 Å². The van der Waals surface area contributed by atoms with E-state index in [-0.39, 0.29) is 16.5 Å². The number of aromatic nitrogens is 6. The lowest BCUT2D eigenvalue weighted by Crippen LogP contribution is -2.42. The summed E-state index contributed by atoms with van der Waals surface area (Å²) in [4.78, 5) is 45.3. The number of H-pyrrole nitrogens is 1. The van der Waals surface area contributed by atoms with Gasteiger partial charge in [0.1, 0.15) is 17.1 Å². The largest absolute Gasteiger partial charge is 0.493 e. The Morgan fingerprint density at radius 2 is 1.81 bits per heavy atom. The van der Waals surface area contributed by atoms with E-state index in [9.17, 15) is 9.59 Å². The van der Waals surface area contributed by atoms with Crippen molar-refractivity contribution < 1.29 is 14.6 Å². The third-order valence-electron chi connectivity index (χ3n) is 8.56. The van der Waals surface area contributed by atoms with Crippen molar-refractivity contribution >= 4 is 28.6 Å². The molecule has 0 radical (unpaired) electrons. The van der Waals surface area contributed by atoms with Crippen molar-refractivity contribution in [3.63, 3.8) is 0 Å². The number of aryl methyl sites for hydroxylation is 2. The molecule has 220 valence electrons. The van der Waals surface area contributed by atoms with Gasteiger partial charge in [0.15, 0.2) is 5.52 Å². The van der Waals surface area contributed by atoms with Crippen LogP contribution in [-0.2, 0) is 13.5 Å². The second-order valence-electron chi connectivity index (χ2n) is 11.3. The minimum absolute atomic E-state index is 0.0921. The lowest BCUT2D eigenvalue weighted by atomic mass is 9.78. The van der Waals surface area contributed by atoms with E-state index in [1.54, 1.807) is 11.7 Å². The topological polar surface area (TPSA) is 142 Å². The molecule has 5 heterocycles. The highest BCUT2D eigenvalue weighted by Crippen LogP contribution is 2.43. The molecule has 0 bridgehead atoms. The molecule has 1 aromatic carbocycles. The van der Waals surface area contributed by atoms with Crippen molar-refractivity contribution in [3.05, 3.63) is 52.2 Å². The average Bonchev–Trinajstić information content (AvgIpc) is 3.55. The highest BCUT2D eigenvalue weighted by molar-refractivity contribution is 5.86. The summed E-state index contributed by atoms with van der Waals surface area (Å²) in [6, 6.07) is 6.14. The summed E-state index contributed by atoms with van der Waals surface area (Å²) in [5.74, 6) is 0.721. The number of fused-ring (bicyclic) bond motifs is 1. The van der Waals surface area contributed by atoms with E-state index in [1.165, 1.54) is 12.4 Å². The number of piperidine rings is 1. The Morgan fingerprint density at radius 1 is 1.10 bits per heavy atom. The smallest absolute Gasteiger partial charge is 0.338 e. The third-order valence-corrected chi connectivity index (χ3v) is 8.56. The quantitative estimate of drug-likeness (QED) is 0.321. The van der Waals surface area contributed by atoms with Gasteiger partial charge >= 0.3 is 5.97 Å². The fraction of sp³-hybridized carbons (Fsp3) is 0.467. The molecular formula is C30H36N8O4. The second kappa shape index (κ2) is 11.1. The number of benzene rings is 1. The van der Waals surface area contributed by atoms with Crippen molar-refractivity contribution in [1.29, 1.82) is 0 Å². The zero-order chi connectivity index (χ0) is 29.4. The first-order valence-electron chi connectivity index (χ1n) is 14.6. The standard InChI is InChI=1S/C30H36N8O4/c1-4-6-22-24-25(36(3)35-22)27(39)34-26(33-24)21-15-20(7-8-23(21)42-5-2)38-14-11-30(18-38)9-12-37(13-10-30)29-31-16-19(17-32-29)28(40)41/h7-8,15-17H,4-6,9-14,18H2,1-3H3,(H,40,41)(H,33,34,39). The monoisotopic (exact) mass is 572 g/mol. The van der Waals surface area contributed by atoms with Crippen LogP contribution in [0.2, 0.25) is 0 Å². The Kier molecular flexibility index (Phi) is 7.29. The number of carbonyl (C=O) groups is 1. The lowest BCUT2D eigenvalue weighted by molar-refractivity contribution is 0.0696. The van der Waals surface area contributed by atoms with Gasteiger partial charge in [0, 0.05) is 51.3 Å². The van der Waals surface area contributed by atoms with Crippen molar-refractivity contribution in [2.24, 2.45) is 12.5 Å². The molecule has 2 aliphatic rings. The van der Waals surface area contributed by atoms with Gasteiger partial charge < -0.3 is 24.6 Å². The maximum Gasteiger partial charge on any atom is 0.338 e. The molecule has 6 rings (SSSR count). The number of nitrogens with zero attached hydrogens (tertiary/aromatic N) is 7. The third kappa shape index (κ3) is 5.05. The number of rotatable bonds is 8. The van der Waals surface area contributed by atoms with Crippen molar-refractivity contribution in [3.8, 4) is 17.1 Å². The Bertz CT molecular complexity index is 1670. The number of nitrogens with one attached hydrogen (secondary N) is 1. The number of hydrogen-bond acceptors (Lipinski definition) is 9. The van der Waals surface area contributed by atoms with Crippen molar-refractivity contribution in [1.82, 2.24) is 29.7 Å². The summed E-state index contributed by atoms with van der Waals surface area (Å²) in [6.07, 6.45) is 7.49. The Hall–Kier alpha value is -4.48. The zero-order valence-electron chi connectivity index (χ0n) is 24.3. The molecule has 2 fully saturated rings. The molecule has 0 saturated carbocycles. The molecule has 2 aliphatic heterocycles. The number of carboxylic acid groups (broad SMARTS) is 1. The fourth-order valence-corrected chi connectivity index (χ4v) is 6.30. The van der Waals surface area contributed by atoms with Gasteiger partial charge in [-0.2, -0.15) is 5.10 Å². The molecule has 0 atom stereocenters. The lowest BCUT2D eigenvalue weighted by Gasteiger charge is -2.39. The van der Waals surface area contributed by atoms with Crippen molar-refractivity contribution in [2.75, 3.05) is 42.6 Å². The number of aromatic carboxylic acids is 1. The highest BCUT2D eigenvalue weighted by Gasteiger charge is 2.41. The molecule has 12 heteroatoms. The molecule has 12 nitrogen and oxygen atoms in total. The number of ether oxygens (including phenoxy) is 1. The molecule has 42 heavy (non-hydrogen) atoms. The van der Waals surface area contributed by atoms with E-state index in [0.717, 1.165) is 75.2 Å². The van der Waals surface area contributed by atoms with Gasteiger partial charge in [-0.25, -0.2) is 19.7 Å². The summed E-state index contributed by atoms with van der Waals surface area (Å²) in [6.45, 7) is 8.04. The molecule has 0 amide bonds. The SMILES string of the molecule is CCCc1nn(C)c2c(=O)[nH]c(-c3cc(N4CCC5(CCN(c6ncc(C(=O)O)cn6)CC5)C4)ccc3OCC)nc12. The number of carboxylic acids is 1. The van der Waals surface area contributed by atoms with Gasteiger partial charge in [-0.1, -0.05) is 13.3 Å². The molecule has 2 N–H and O–H groups in total. The predicted octanol–water partition coefficient (Wildman–Crippen LogP) is 3.66. The first-order chi connectivity index (χ1) is 20.3. The first-order valence-corrected chi connectivity index (χ1v) is 14.6. The second-order valence-corrected chi connectivity index (χ2v) is 11.3. The van der Waals surface area contributed by atoms with Gasteiger partial charge in [0.25, 0.3) is 5.56 Å². The Labute approximate surface area is 243 Å². The van der Waals surface area contributed by atoms with E-state index < -0.39 is 5.97 Å². The van der Waals surface area contributed by atoms with Crippen LogP contribution < -0.4 is 20.1 Å². The molecule has 2 saturated heterocycles. The van der Waals surface area contributed by atoms with Gasteiger partial charge in [-0.15, -0.1) is 0 Å². The Morgan fingerprint density at radius 3 is 2.48 bits per heavy atom. The van der Waals surface area contributed by atoms with E-state index in [4.69, 9.17) is 14.8 Å². The fourth-order valence-electron chi connectivity index (χ4n) is 6.30. The van der Waals surface area contributed by atoms with Crippen LogP contribution in [0.4, 0.5) is 11.6 Å². The summed E-state index contributed by atoms with van der Waals surface area (Å²) in [5, 5.41) is 13.7. The van der Waals surface area contributed by atoms with Gasteiger partial charge in [-0.05, 0) is 56.2 Å². The maximum absolute atomic E-state index is 13.2. The van der Waals surface area contributed by atoms with Crippen molar-refractivity contribution in [2.45, 2.75) is 46.0 Å². The molecular weight excluding hydrogens is 536 g/mol.